The Morgan fingerprint density at radius 3 is 2.57 bits per heavy atom. The molecule has 1 fully saturated rings. The monoisotopic (exact) mass is 571 g/mol. The van der Waals surface area contributed by atoms with Crippen LogP contribution >= 0.6 is 0 Å². The summed E-state index contributed by atoms with van der Waals surface area (Å²) in [6, 6.07) is 18.3. The van der Waals surface area contributed by atoms with Crippen molar-refractivity contribution in [2.75, 3.05) is 19.8 Å². The molecule has 1 atom stereocenters. The van der Waals surface area contributed by atoms with Gasteiger partial charge >= 0.3 is 5.97 Å². The highest BCUT2D eigenvalue weighted by atomic mass is 16.5. The van der Waals surface area contributed by atoms with Crippen molar-refractivity contribution < 1.29 is 28.9 Å². The predicted octanol–water partition coefficient (Wildman–Crippen LogP) is 6.50. The average Bonchev–Trinajstić information content (AvgIpc) is 3.51. The van der Waals surface area contributed by atoms with Gasteiger partial charge in [-0.25, -0.2) is 0 Å². The van der Waals surface area contributed by atoms with Crippen LogP contribution in [0.25, 0.3) is 11.1 Å². The molecule has 7 nitrogen and oxygen atoms in total. The van der Waals surface area contributed by atoms with Crippen LogP contribution in [0.5, 0.6) is 11.5 Å². The number of aliphatic carboxylic acids is 1. The maximum Gasteiger partial charge on any atom is 0.320 e. The number of carbonyl (C=O) groups excluding carboxylic acids is 1. The predicted molar refractivity (Wildman–Crippen MR) is 162 cm³/mol. The van der Waals surface area contributed by atoms with E-state index in [0.717, 1.165) is 67.7 Å². The highest BCUT2D eigenvalue weighted by molar-refractivity contribution is 5.73. The Hall–Kier alpha value is -3.84. The van der Waals surface area contributed by atoms with Crippen molar-refractivity contribution in [1.82, 2.24) is 4.90 Å². The van der Waals surface area contributed by atoms with Crippen LogP contribution in [-0.2, 0) is 40.3 Å². The van der Waals surface area contributed by atoms with Gasteiger partial charge in [-0.3, -0.25) is 14.5 Å². The third kappa shape index (κ3) is 6.96. The number of hydrogen-bond acceptors (Lipinski definition) is 6. The van der Waals surface area contributed by atoms with Crippen LogP contribution in [0.4, 0.5) is 0 Å². The van der Waals surface area contributed by atoms with Crippen molar-refractivity contribution in [3.63, 3.8) is 0 Å². The van der Waals surface area contributed by atoms with Crippen LogP contribution in [0.2, 0.25) is 0 Å². The molecule has 222 valence electrons. The average molecular weight is 572 g/mol. The fourth-order valence-electron chi connectivity index (χ4n) is 6.33. The Labute approximate surface area is 248 Å². The van der Waals surface area contributed by atoms with Crippen molar-refractivity contribution >= 4 is 12.4 Å². The SMILES string of the molecule is Cc1c(COc2cc(OCCCCOC=O)c(CN3CCCC[C@H]3C(=O)O)c3c2CCC3)cccc1-c1ccccc1. The first-order chi connectivity index (χ1) is 20.6. The highest BCUT2D eigenvalue weighted by Gasteiger charge is 2.31. The van der Waals surface area contributed by atoms with Gasteiger partial charge in [0.1, 0.15) is 24.1 Å². The molecule has 0 radical (unpaired) electrons. The first-order valence-electron chi connectivity index (χ1n) is 15.2. The summed E-state index contributed by atoms with van der Waals surface area (Å²) >= 11 is 0. The molecule has 7 heteroatoms. The molecule has 1 aliphatic heterocycles. The Balaban J connectivity index is 1.41. The maximum atomic E-state index is 12.1. The van der Waals surface area contributed by atoms with E-state index in [1.165, 1.54) is 27.8 Å². The number of hydrogen-bond donors (Lipinski definition) is 1. The number of likely N-dealkylation sites (tertiary alicyclic amines) is 1. The number of carbonyl (C=O) groups is 2. The lowest BCUT2D eigenvalue weighted by Crippen LogP contribution is -2.44. The molecular weight excluding hydrogens is 530 g/mol. The second kappa shape index (κ2) is 14.4. The number of carboxylic acids is 1. The summed E-state index contributed by atoms with van der Waals surface area (Å²) in [7, 11) is 0. The van der Waals surface area contributed by atoms with Gasteiger partial charge < -0.3 is 19.3 Å². The van der Waals surface area contributed by atoms with E-state index in [4.69, 9.17) is 14.2 Å². The number of unbranched alkanes of at least 4 members (excludes halogenated alkanes) is 1. The lowest BCUT2D eigenvalue weighted by Gasteiger charge is -2.34. The molecule has 1 saturated heterocycles. The molecule has 3 aromatic carbocycles. The fourth-order valence-corrected chi connectivity index (χ4v) is 6.33. The zero-order chi connectivity index (χ0) is 29.3. The number of rotatable bonds is 14. The zero-order valence-corrected chi connectivity index (χ0v) is 24.5. The maximum absolute atomic E-state index is 12.1. The van der Waals surface area contributed by atoms with Gasteiger partial charge in [0, 0.05) is 18.2 Å². The molecular formula is C35H41NO6. The van der Waals surface area contributed by atoms with E-state index in [1.807, 2.05) is 12.1 Å². The van der Waals surface area contributed by atoms with Crippen LogP contribution in [-0.4, -0.2) is 48.2 Å². The number of benzene rings is 3. The number of nitrogens with zero attached hydrogens (tertiary/aromatic N) is 1. The molecule has 0 bridgehead atoms. The Morgan fingerprint density at radius 1 is 0.952 bits per heavy atom. The molecule has 1 heterocycles. The zero-order valence-electron chi connectivity index (χ0n) is 24.5. The Kier molecular flexibility index (Phi) is 10.1. The van der Waals surface area contributed by atoms with E-state index < -0.39 is 12.0 Å². The quantitative estimate of drug-likeness (QED) is 0.175. The molecule has 0 aromatic heterocycles. The van der Waals surface area contributed by atoms with E-state index in [-0.39, 0.29) is 0 Å². The van der Waals surface area contributed by atoms with Gasteiger partial charge in [0.15, 0.2) is 0 Å². The molecule has 0 unspecified atom stereocenters. The summed E-state index contributed by atoms with van der Waals surface area (Å²) in [6.45, 7) is 5.24. The Bertz CT molecular complexity index is 1370. The number of piperidine rings is 1. The first kappa shape index (κ1) is 29.6. The van der Waals surface area contributed by atoms with Crippen molar-refractivity contribution in [2.24, 2.45) is 0 Å². The van der Waals surface area contributed by atoms with Crippen LogP contribution in [0, 0.1) is 6.92 Å². The van der Waals surface area contributed by atoms with E-state index in [9.17, 15) is 14.7 Å². The molecule has 2 aliphatic rings. The topological polar surface area (TPSA) is 85.3 Å². The van der Waals surface area contributed by atoms with Gasteiger partial charge in [0.2, 0.25) is 0 Å². The molecule has 42 heavy (non-hydrogen) atoms. The minimum Gasteiger partial charge on any atom is -0.493 e. The van der Waals surface area contributed by atoms with E-state index in [0.29, 0.717) is 45.7 Å². The summed E-state index contributed by atoms with van der Waals surface area (Å²) < 4.78 is 17.8. The minimum absolute atomic E-state index is 0.369. The largest absolute Gasteiger partial charge is 0.493 e. The van der Waals surface area contributed by atoms with Gasteiger partial charge in [-0.2, -0.15) is 0 Å². The second-order valence-corrected chi connectivity index (χ2v) is 11.2. The summed E-state index contributed by atoms with van der Waals surface area (Å²) in [5.41, 5.74) is 8.30. The standard InChI is InChI=1S/C35H41NO6/c1-25-27(13-9-14-28(25)26-11-3-2-4-12-26)23-42-33-21-34(41-20-8-7-19-40-24-37)31(29-15-10-16-30(29)33)22-36-18-6-5-17-32(36)35(38)39/h2-4,9,11-14,21,24,32H,5-8,10,15-20,22-23H2,1H3,(H,38,39)/t32-/m0/s1. The molecule has 3 aromatic rings. The van der Waals surface area contributed by atoms with Crippen LogP contribution in [0.1, 0.15) is 66.3 Å². The first-order valence-corrected chi connectivity index (χ1v) is 15.2. The van der Waals surface area contributed by atoms with Crippen molar-refractivity contribution in [3.8, 4) is 22.6 Å². The summed E-state index contributed by atoms with van der Waals surface area (Å²) in [5, 5.41) is 9.90. The molecule has 0 amide bonds. The van der Waals surface area contributed by atoms with Gasteiger partial charge in [-0.1, -0.05) is 55.0 Å². The number of fused-ring (bicyclic) bond motifs is 1. The van der Waals surface area contributed by atoms with E-state index >= 15 is 0 Å². The van der Waals surface area contributed by atoms with Gasteiger partial charge in [-0.05, 0) is 91.8 Å². The lowest BCUT2D eigenvalue weighted by molar-refractivity contribution is -0.144. The van der Waals surface area contributed by atoms with Crippen LogP contribution in [0.15, 0.2) is 54.6 Å². The van der Waals surface area contributed by atoms with Gasteiger partial charge in [0.25, 0.3) is 6.47 Å². The third-order valence-electron chi connectivity index (χ3n) is 8.60. The normalized spacial score (nSPS) is 16.5. The van der Waals surface area contributed by atoms with Crippen LogP contribution in [0.3, 0.4) is 0 Å². The highest BCUT2D eigenvalue weighted by Crippen LogP contribution is 2.41. The van der Waals surface area contributed by atoms with Crippen molar-refractivity contribution in [3.05, 3.63) is 82.4 Å². The van der Waals surface area contributed by atoms with Gasteiger partial charge in [-0.15, -0.1) is 0 Å². The fraction of sp³-hybridized carbons (Fsp3) is 0.429. The van der Waals surface area contributed by atoms with E-state index in [1.54, 1.807) is 0 Å². The smallest absolute Gasteiger partial charge is 0.320 e. The molecule has 5 rings (SSSR count). The minimum atomic E-state index is -0.753. The summed E-state index contributed by atoms with van der Waals surface area (Å²) in [4.78, 5) is 24.6. The summed E-state index contributed by atoms with van der Waals surface area (Å²) in [6.07, 6.45) is 6.98. The third-order valence-corrected chi connectivity index (χ3v) is 8.60. The molecule has 0 saturated carbocycles. The summed E-state index contributed by atoms with van der Waals surface area (Å²) in [5.74, 6) is 0.868. The van der Waals surface area contributed by atoms with Crippen molar-refractivity contribution in [1.29, 1.82) is 0 Å². The van der Waals surface area contributed by atoms with Gasteiger partial charge in [0.05, 0.1) is 13.2 Å². The molecule has 1 aliphatic carbocycles. The molecule has 1 N–H and O–H groups in total. The lowest BCUT2D eigenvalue weighted by atomic mass is 9.96. The number of ether oxygens (including phenoxy) is 3. The van der Waals surface area contributed by atoms with Crippen molar-refractivity contribution in [2.45, 2.75) is 77.5 Å². The number of carboxylic acid groups (broad SMARTS) is 1. The van der Waals surface area contributed by atoms with Crippen LogP contribution < -0.4 is 9.47 Å². The second-order valence-electron chi connectivity index (χ2n) is 11.2. The Morgan fingerprint density at radius 2 is 1.76 bits per heavy atom. The van der Waals surface area contributed by atoms with E-state index in [2.05, 4.69) is 54.3 Å². The molecule has 0 spiro atoms.